The summed E-state index contributed by atoms with van der Waals surface area (Å²) in [4.78, 5) is 22.7. The summed E-state index contributed by atoms with van der Waals surface area (Å²) in [6.45, 7) is 0. The van der Waals surface area contributed by atoms with Gasteiger partial charge in [-0.2, -0.15) is 0 Å². The number of rotatable bonds is 3. The van der Waals surface area contributed by atoms with E-state index < -0.39 is 13.7 Å². The van der Waals surface area contributed by atoms with E-state index in [-0.39, 0.29) is 6.16 Å². The first-order valence-corrected chi connectivity index (χ1v) is 6.58. The summed E-state index contributed by atoms with van der Waals surface area (Å²) in [5.41, 5.74) is 4.33. The first-order valence-electron chi connectivity index (χ1n) is 4.78. The minimum absolute atomic E-state index is 0.309. The molecule has 1 unspecified atom stereocenters. The van der Waals surface area contributed by atoms with Crippen LogP contribution in [0, 0.1) is 0 Å². The molecular weight excluding hydrogens is 229 g/mol. The quantitative estimate of drug-likeness (QED) is 0.691. The Morgan fingerprint density at radius 1 is 1.31 bits per heavy atom. The van der Waals surface area contributed by atoms with E-state index in [0.717, 1.165) is 11.3 Å². The third kappa shape index (κ3) is 2.93. The van der Waals surface area contributed by atoms with E-state index >= 15 is 0 Å². The van der Waals surface area contributed by atoms with Crippen molar-refractivity contribution in [1.82, 2.24) is 5.48 Å². The minimum Gasteiger partial charge on any atom is -0.324 e. The molecule has 1 aromatic rings. The first-order chi connectivity index (χ1) is 7.54. The summed E-state index contributed by atoms with van der Waals surface area (Å²) in [6, 6.07) is 9.44. The average molecular weight is 241 g/mol. The van der Waals surface area contributed by atoms with Crippen molar-refractivity contribution in [3.05, 3.63) is 42.0 Å². The number of hydroxylamine groups is 1. The zero-order valence-corrected chi connectivity index (χ0v) is 9.30. The van der Waals surface area contributed by atoms with Crippen LogP contribution in [0.4, 0.5) is 0 Å². The van der Waals surface area contributed by atoms with Gasteiger partial charge in [0.1, 0.15) is 6.10 Å². The van der Waals surface area contributed by atoms with Crippen LogP contribution < -0.4 is 5.48 Å². The van der Waals surface area contributed by atoms with Crippen LogP contribution in [0.1, 0.15) is 5.56 Å². The van der Waals surface area contributed by atoms with Gasteiger partial charge >= 0.3 is 7.60 Å². The predicted molar refractivity (Wildman–Crippen MR) is 59.3 cm³/mol. The third-order valence-electron chi connectivity index (χ3n) is 2.18. The zero-order chi connectivity index (χ0) is 11.6. The van der Waals surface area contributed by atoms with Crippen LogP contribution in [0.2, 0.25) is 0 Å². The van der Waals surface area contributed by atoms with Crippen LogP contribution in [0.15, 0.2) is 36.4 Å². The van der Waals surface area contributed by atoms with E-state index in [9.17, 15) is 4.57 Å². The lowest BCUT2D eigenvalue weighted by Crippen LogP contribution is -2.15. The van der Waals surface area contributed by atoms with Crippen LogP contribution >= 0.6 is 7.60 Å². The second-order valence-corrected chi connectivity index (χ2v) is 5.25. The van der Waals surface area contributed by atoms with Gasteiger partial charge in [-0.05, 0) is 11.6 Å². The Kier molecular flexibility index (Phi) is 3.12. The van der Waals surface area contributed by atoms with Gasteiger partial charge in [0.2, 0.25) is 0 Å². The van der Waals surface area contributed by atoms with Crippen molar-refractivity contribution in [1.29, 1.82) is 0 Å². The van der Waals surface area contributed by atoms with Crippen LogP contribution in [-0.2, 0) is 9.40 Å². The molecule has 5 nitrogen and oxygen atoms in total. The fraction of sp³-hybridized carbons (Fsp3) is 0.200. The molecule has 2 rings (SSSR count). The van der Waals surface area contributed by atoms with Gasteiger partial charge in [-0.15, -0.1) is 0 Å². The molecule has 0 amide bonds. The van der Waals surface area contributed by atoms with Gasteiger partial charge in [0, 0.05) is 0 Å². The molecule has 0 bridgehead atoms. The van der Waals surface area contributed by atoms with Gasteiger partial charge < -0.3 is 9.79 Å². The third-order valence-corrected chi connectivity index (χ3v) is 3.01. The number of nitrogens with one attached hydrogen (secondary N) is 1. The van der Waals surface area contributed by atoms with Crippen molar-refractivity contribution in [2.24, 2.45) is 0 Å². The van der Waals surface area contributed by atoms with Gasteiger partial charge in [0.25, 0.3) is 0 Å². The van der Waals surface area contributed by atoms with Crippen molar-refractivity contribution in [3.8, 4) is 0 Å². The summed E-state index contributed by atoms with van der Waals surface area (Å²) in [5.74, 6) is 0. The molecule has 86 valence electrons. The fourth-order valence-electron chi connectivity index (χ4n) is 1.49. The van der Waals surface area contributed by atoms with Gasteiger partial charge in [0.05, 0.1) is 11.9 Å². The topological polar surface area (TPSA) is 78.8 Å². The van der Waals surface area contributed by atoms with Gasteiger partial charge in [-0.25, -0.2) is 0 Å². The Balaban J connectivity index is 2.10. The molecule has 0 saturated heterocycles. The molecule has 0 spiro atoms. The van der Waals surface area contributed by atoms with Crippen LogP contribution in [0.3, 0.4) is 0 Å². The molecule has 1 aliphatic rings. The van der Waals surface area contributed by atoms with E-state index in [1.54, 1.807) is 6.08 Å². The van der Waals surface area contributed by atoms with Crippen molar-refractivity contribution >= 4 is 13.3 Å². The molecule has 0 aliphatic carbocycles. The maximum absolute atomic E-state index is 10.8. The molecule has 3 N–H and O–H groups in total. The summed E-state index contributed by atoms with van der Waals surface area (Å²) < 4.78 is 10.8. The van der Waals surface area contributed by atoms with Crippen LogP contribution in [0.25, 0.3) is 5.70 Å². The minimum atomic E-state index is -4.04. The average Bonchev–Trinajstić information content (AvgIpc) is 2.65. The Bertz CT molecular complexity index is 439. The maximum atomic E-state index is 10.8. The molecule has 0 saturated carbocycles. The maximum Gasteiger partial charge on any atom is 0.328 e. The SMILES string of the molecule is O=P(O)(O)CC1C=C(c2ccccc2)NO1. The molecule has 0 aromatic heterocycles. The van der Waals surface area contributed by atoms with Crippen molar-refractivity contribution in [2.75, 3.05) is 6.16 Å². The van der Waals surface area contributed by atoms with Gasteiger partial charge in [-0.3, -0.25) is 14.9 Å². The number of hydrogen-bond donors (Lipinski definition) is 3. The normalized spacial score (nSPS) is 20.4. The first kappa shape index (κ1) is 11.4. The van der Waals surface area contributed by atoms with Crippen molar-refractivity contribution in [2.45, 2.75) is 6.10 Å². The molecule has 1 heterocycles. The summed E-state index contributed by atoms with van der Waals surface area (Å²) in [7, 11) is -4.04. The lowest BCUT2D eigenvalue weighted by molar-refractivity contribution is 0.0615. The Morgan fingerprint density at radius 2 is 2.00 bits per heavy atom. The predicted octanol–water partition coefficient (Wildman–Crippen LogP) is 1.11. The van der Waals surface area contributed by atoms with Crippen LogP contribution in [0.5, 0.6) is 0 Å². The summed E-state index contributed by atoms with van der Waals surface area (Å²) >= 11 is 0. The van der Waals surface area contributed by atoms with Crippen molar-refractivity contribution < 1.29 is 19.2 Å². The Morgan fingerprint density at radius 3 is 2.62 bits per heavy atom. The largest absolute Gasteiger partial charge is 0.328 e. The molecule has 1 atom stereocenters. The standard InChI is InChI=1S/C10H12NO4P/c12-16(13,14)7-9-6-10(11-15-9)8-4-2-1-3-5-8/h1-6,9,11H,7H2,(H2,12,13,14). The zero-order valence-electron chi connectivity index (χ0n) is 8.41. The molecule has 16 heavy (non-hydrogen) atoms. The fourth-order valence-corrected chi connectivity index (χ4v) is 2.14. The number of benzene rings is 1. The van der Waals surface area contributed by atoms with Gasteiger partial charge in [0.15, 0.2) is 0 Å². The summed E-state index contributed by atoms with van der Waals surface area (Å²) in [5, 5.41) is 0. The highest BCUT2D eigenvalue weighted by Crippen LogP contribution is 2.37. The molecule has 6 heteroatoms. The smallest absolute Gasteiger partial charge is 0.324 e. The van der Waals surface area contributed by atoms with Crippen LogP contribution in [-0.4, -0.2) is 22.1 Å². The van der Waals surface area contributed by atoms with E-state index in [1.807, 2.05) is 30.3 Å². The van der Waals surface area contributed by atoms with E-state index in [0.29, 0.717) is 0 Å². The number of hydrogen-bond acceptors (Lipinski definition) is 3. The Hall–Kier alpha value is -1.13. The summed E-state index contributed by atoms with van der Waals surface area (Å²) in [6.07, 6.45) is 0.779. The molecular formula is C10H12NO4P. The van der Waals surface area contributed by atoms with E-state index in [1.165, 1.54) is 0 Å². The molecule has 1 aromatic carbocycles. The molecule has 0 fully saturated rings. The molecule has 1 aliphatic heterocycles. The highest BCUT2D eigenvalue weighted by Gasteiger charge is 2.25. The Labute approximate surface area is 92.9 Å². The van der Waals surface area contributed by atoms with E-state index in [4.69, 9.17) is 14.6 Å². The second kappa shape index (κ2) is 4.39. The lowest BCUT2D eigenvalue weighted by Gasteiger charge is -2.07. The van der Waals surface area contributed by atoms with Crippen molar-refractivity contribution in [3.63, 3.8) is 0 Å². The highest BCUT2D eigenvalue weighted by molar-refractivity contribution is 7.51. The molecule has 0 radical (unpaired) electrons. The van der Waals surface area contributed by atoms with E-state index in [2.05, 4.69) is 5.48 Å². The highest BCUT2D eigenvalue weighted by atomic mass is 31.2. The van der Waals surface area contributed by atoms with Gasteiger partial charge in [-0.1, -0.05) is 30.3 Å². The monoisotopic (exact) mass is 241 g/mol. The second-order valence-electron chi connectivity index (χ2n) is 3.55. The lowest BCUT2D eigenvalue weighted by atomic mass is 10.1.